The van der Waals surface area contributed by atoms with E-state index in [0.717, 1.165) is 79.6 Å². The van der Waals surface area contributed by atoms with Crippen LogP contribution in [0.25, 0.3) is 22.2 Å². The summed E-state index contributed by atoms with van der Waals surface area (Å²) in [5.41, 5.74) is 17.8. The fourth-order valence-electron chi connectivity index (χ4n) is 4.51. The Morgan fingerprint density at radius 1 is 1.09 bits per heavy atom. The van der Waals surface area contributed by atoms with Crippen LogP contribution >= 0.6 is 0 Å². The smallest absolute Gasteiger partial charge is 0.253 e. The number of pyridine rings is 1. The SMILES string of the molecule is C=O.CB=O.CCCC.CCN.N=Cc1c(N)ccc2nc(-c3ccc(C(=O)N4CCNCC4)cc3)c3c(c12)CCOC3. The van der Waals surface area contributed by atoms with Crippen LogP contribution in [-0.4, -0.2) is 75.3 Å². The first-order valence-electron chi connectivity index (χ1n) is 14.7. The first kappa shape index (κ1) is 37.2. The van der Waals surface area contributed by atoms with E-state index in [9.17, 15) is 4.79 Å². The van der Waals surface area contributed by atoms with Crippen LogP contribution in [0.1, 0.15) is 60.7 Å². The number of nitrogens with two attached hydrogens (primary N) is 2. The van der Waals surface area contributed by atoms with E-state index in [1.54, 1.807) is 6.07 Å². The van der Waals surface area contributed by atoms with Gasteiger partial charge in [-0.15, -0.1) is 0 Å². The van der Waals surface area contributed by atoms with Crippen LogP contribution in [0.5, 0.6) is 0 Å². The fourth-order valence-corrected chi connectivity index (χ4v) is 4.51. The predicted octanol–water partition coefficient (Wildman–Crippen LogP) is 4.27. The third kappa shape index (κ3) is 10.5. The summed E-state index contributed by atoms with van der Waals surface area (Å²) >= 11 is 0. The van der Waals surface area contributed by atoms with Gasteiger partial charge in [0.1, 0.15) is 6.79 Å². The van der Waals surface area contributed by atoms with Gasteiger partial charge < -0.3 is 36.6 Å². The molecule has 232 valence electrons. The quantitative estimate of drug-likeness (QED) is 0.199. The number of nitrogens with one attached hydrogen (secondary N) is 2. The summed E-state index contributed by atoms with van der Waals surface area (Å²) in [4.78, 5) is 27.6. The van der Waals surface area contributed by atoms with Crippen LogP contribution in [-0.2, 0) is 27.3 Å². The number of nitrogens with zero attached hydrogens (tertiary/aromatic N) is 2. The number of ether oxygens (including phenoxy) is 1. The van der Waals surface area contributed by atoms with Crippen LogP contribution in [0.2, 0.25) is 6.82 Å². The number of carbonyl (C=O) groups excluding carboxylic acids is 2. The summed E-state index contributed by atoms with van der Waals surface area (Å²) in [5.74, 6) is 0.0657. The number of benzene rings is 2. The van der Waals surface area contributed by atoms with Crippen LogP contribution in [0, 0.1) is 5.41 Å². The Kier molecular flexibility index (Phi) is 18.2. The van der Waals surface area contributed by atoms with Crippen molar-refractivity contribution >= 4 is 42.7 Å². The van der Waals surface area contributed by atoms with Crippen molar-refractivity contribution in [2.75, 3.05) is 45.1 Å². The number of rotatable bonds is 4. The van der Waals surface area contributed by atoms with Gasteiger partial charge in [-0.3, -0.25) is 4.79 Å². The molecule has 1 amide bonds. The molecule has 0 bridgehead atoms. The number of amides is 1. The Hall–Kier alpha value is -3.80. The third-order valence-electron chi connectivity index (χ3n) is 6.64. The Labute approximate surface area is 256 Å². The second-order valence-corrected chi connectivity index (χ2v) is 9.59. The van der Waals surface area contributed by atoms with Gasteiger partial charge in [-0.2, -0.15) is 0 Å². The maximum Gasteiger partial charge on any atom is 0.253 e. The van der Waals surface area contributed by atoms with Gasteiger partial charge >= 0.3 is 18.7 Å². The van der Waals surface area contributed by atoms with E-state index in [1.165, 1.54) is 25.9 Å². The van der Waals surface area contributed by atoms with Gasteiger partial charge in [0.25, 0.3) is 5.91 Å². The number of piperazine rings is 1. The first-order chi connectivity index (χ1) is 20.9. The van der Waals surface area contributed by atoms with Gasteiger partial charge in [0.15, 0.2) is 0 Å². The summed E-state index contributed by atoms with van der Waals surface area (Å²) in [6.45, 7) is 14.7. The summed E-state index contributed by atoms with van der Waals surface area (Å²) in [6, 6.07) is 11.4. The normalized spacial score (nSPS) is 13.1. The number of nitrogen functional groups attached to an aromatic ring is 1. The molecule has 0 radical (unpaired) electrons. The van der Waals surface area contributed by atoms with Gasteiger partial charge in [0.2, 0.25) is 0 Å². The zero-order valence-corrected chi connectivity index (χ0v) is 26.1. The van der Waals surface area contributed by atoms with Crippen molar-refractivity contribution in [3.63, 3.8) is 0 Å². The molecule has 0 aliphatic carbocycles. The van der Waals surface area contributed by atoms with Gasteiger partial charge in [0.05, 0.1) is 24.4 Å². The molecule has 2 aliphatic heterocycles. The standard InChI is InChI=1S/C24H25N5O2.C4H10.C2H7N.CH3BO.CH2O/c25-13-18-20(26)5-6-21-22(18)17-7-12-31-14-19(17)23(28-21)15-1-3-16(4-2-15)24(30)29-10-8-27-9-11-29;1-3-4-2;2*1-2-3;1-2/h1-6,13,25,27H,7-12,14,26H2;3-4H2,1-2H3;2-3H2,1H3;1H3;1H2. The molecule has 0 spiro atoms. The maximum absolute atomic E-state index is 12.8. The molecule has 5 rings (SSSR count). The molecule has 11 heteroatoms. The molecule has 0 unspecified atom stereocenters. The van der Waals surface area contributed by atoms with Crippen molar-refractivity contribution in [1.29, 1.82) is 5.41 Å². The molecule has 0 atom stereocenters. The molecule has 10 nitrogen and oxygen atoms in total. The Bertz CT molecular complexity index is 1300. The molecule has 1 aromatic heterocycles. The van der Waals surface area contributed by atoms with E-state index >= 15 is 0 Å². The number of hydrogen-bond acceptors (Lipinski definition) is 9. The van der Waals surface area contributed by atoms with Crippen molar-refractivity contribution < 1.29 is 19.0 Å². The minimum atomic E-state index is 0.0657. The van der Waals surface area contributed by atoms with E-state index in [4.69, 9.17) is 36.1 Å². The minimum absolute atomic E-state index is 0.0657. The van der Waals surface area contributed by atoms with Gasteiger partial charge in [0, 0.05) is 65.7 Å². The van der Waals surface area contributed by atoms with Crippen molar-refractivity contribution in [3.05, 3.63) is 58.7 Å². The van der Waals surface area contributed by atoms with Crippen molar-refractivity contribution in [2.45, 2.75) is 53.5 Å². The average Bonchev–Trinajstić information content (AvgIpc) is 3.06. The van der Waals surface area contributed by atoms with E-state index in [1.807, 2.05) is 48.9 Å². The van der Waals surface area contributed by atoms with Crippen molar-refractivity contribution in [2.24, 2.45) is 5.73 Å². The maximum atomic E-state index is 12.8. The molecule has 2 aromatic carbocycles. The van der Waals surface area contributed by atoms with Crippen molar-refractivity contribution in [3.8, 4) is 11.3 Å². The molecule has 1 saturated heterocycles. The molecule has 0 saturated carbocycles. The van der Waals surface area contributed by atoms with Crippen LogP contribution in [0.15, 0.2) is 36.4 Å². The molecule has 2 aliphatic rings. The third-order valence-corrected chi connectivity index (χ3v) is 6.64. The summed E-state index contributed by atoms with van der Waals surface area (Å²) < 4.78 is 14.6. The second kappa shape index (κ2) is 21.0. The molecule has 6 N–H and O–H groups in total. The van der Waals surface area contributed by atoms with E-state index in [-0.39, 0.29) is 5.91 Å². The van der Waals surface area contributed by atoms with Crippen molar-refractivity contribution in [1.82, 2.24) is 15.2 Å². The average molecular weight is 591 g/mol. The number of aromatic nitrogens is 1. The number of anilines is 1. The molecule has 1 fully saturated rings. The minimum Gasteiger partial charge on any atom is -0.398 e. The molecule has 3 aromatic rings. The zero-order chi connectivity index (χ0) is 32.2. The number of unbranched alkanes of at least 4 members (excludes halogenated alkanes) is 1. The Balaban J connectivity index is 0.000000670. The topological polar surface area (TPSA) is 164 Å². The van der Waals surface area contributed by atoms with Crippen LogP contribution in [0.3, 0.4) is 0 Å². The largest absolute Gasteiger partial charge is 0.398 e. The Morgan fingerprint density at radius 3 is 2.21 bits per heavy atom. The Morgan fingerprint density at radius 2 is 1.67 bits per heavy atom. The summed E-state index contributed by atoms with van der Waals surface area (Å²) in [6.07, 6.45) is 4.70. The first-order valence-corrected chi connectivity index (χ1v) is 14.7. The monoisotopic (exact) mass is 590 g/mol. The molecular formula is C32H47BN6O4. The van der Waals surface area contributed by atoms with Crippen LogP contribution in [0.4, 0.5) is 5.69 Å². The van der Waals surface area contributed by atoms with Crippen LogP contribution < -0.4 is 16.8 Å². The molecule has 3 heterocycles. The summed E-state index contributed by atoms with van der Waals surface area (Å²) in [5, 5.41) is 12.1. The number of carbonyl (C=O) groups is 2. The molecular weight excluding hydrogens is 543 g/mol. The van der Waals surface area contributed by atoms with E-state index < -0.39 is 0 Å². The zero-order valence-electron chi connectivity index (χ0n) is 26.1. The molecule has 43 heavy (non-hydrogen) atoms. The predicted molar refractivity (Wildman–Crippen MR) is 176 cm³/mol. The summed E-state index contributed by atoms with van der Waals surface area (Å²) in [7, 11) is 0.750. The van der Waals surface area contributed by atoms with Gasteiger partial charge in [-0.1, -0.05) is 45.7 Å². The van der Waals surface area contributed by atoms with E-state index in [0.29, 0.717) is 30.0 Å². The van der Waals surface area contributed by atoms with Gasteiger partial charge in [-0.25, -0.2) is 4.98 Å². The second-order valence-electron chi connectivity index (χ2n) is 9.59. The van der Waals surface area contributed by atoms with E-state index in [2.05, 4.69) is 19.2 Å². The fraction of sp³-hybridized carbons (Fsp3) is 0.438. The number of hydrogen-bond donors (Lipinski definition) is 4. The number of fused-ring (bicyclic) bond motifs is 3. The van der Waals surface area contributed by atoms with Gasteiger partial charge in [-0.05, 0) is 42.8 Å².